The molecule has 0 radical (unpaired) electrons. The van der Waals surface area contributed by atoms with Gasteiger partial charge in [0.2, 0.25) is 5.91 Å². The maximum Gasteiger partial charge on any atom is 0.306 e. The first-order valence-electron chi connectivity index (χ1n) is 31.8. The lowest BCUT2D eigenvalue weighted by Gasteiger charge is -2.41. The zero-order valence-corrected chi connectivity index (χ0v) is 48.7. The molecule has 1 heterocycles. The molecule has 0 bridgehead atoms. The predicted octanol–water partition coefficient (Wildman–Crippen LogP) is 15.1. The van der Waals surface area contributed by atoms with Crippen molar-refractivity contribution in [2.45, 2.75) is 346 Å². The van der Waals surface area contributed by atoms with Gasteiger partial charge in [-0.2, -0.15) is 0 Å². The van der Waals surface area contributed by atoms with Crippen LogP contribution in [0.1, 0.15) is 297 Å². The molecule has 11 heteroatoms. The summed E-state index contributed by atoms with van der Waals surface area (Å²) < 4.78 is 17.6. The number of allylic oxidation sites excluding steroid dienone is 5. The highest BCUT2D eigenvalue weighted by Gasteiger charge is 2.47. The molecule has 1 rings (SSSR count). The van der Waals surface area contributed by atoms with Crippen LogP contribution < -0.4 is 5.32 Å². The highest BCUT2D eigenvalue weighted by atomic mass is 16.7. The third-order valence-corrected chi connectivity index (χ3v) is 15.0. The number of amides is 1. The molecule has 0 aromatic carbocycles. The number of aliphatic hydroxyl groups excluding tert-OH is 5. The summed E-state index contributed by atoms with van der Waals surface area (Å²) in [6, 6.07) is -1.02. The van der Waals surface area contributed by atoms with E-state index >= 15 is 0 Å². The van der Waals surface area contributed by atoms with Gasteiger partial charge in [0.25, 0.3) is 0 Å². The smallest absolute Gasteiger partial charge is 0.306 e. The Morgan fingerprint density at radius 2 is 0.920 bits per heavy atom. The summed E-state index contributed by atoms with van der Waals surface area (Å²) in [5.74, 6) is -1.19. The van der Waals surface area contributed by atoms with Crippen LogP contribution in [-0.4, -0.2) is 99.6 Å². The van der Waals surface area contributed by atoms with Gasteiger partial charge in [0.1, 0.15) is 24.4 Å². The van der Waals surface area contributed by atoms with Crippen LogP contribution in [0.25, 0.3) is 0 Å². The number of hydrogen-bond acceptors (Lipinski definition) is 10. The SMILES string of the molecule is CCCCC/C=C\C/C=C\CCCCCCCCC(O)C(=O)NC(COC1OC(CO)C(O)C(O)C1OC(=O)CCCCCCCCCCCCCCCCCCC)C(O)/C=C/CCCCCCCCCCCCC. The number of carbonyl (C=O) groups excluding carboxylic acids is 2. The molecule has 1 amide bonds. The lowest BCUT2D eigenvalue weighted by Crippen LogP contribution is -2.61. The van der Waals surface area contributed by atoms with Crippen molar-refractivity contribution < 1.29 is 49.3 Å². The summed E-state index contributed by atoms with van der Waals surface area (Å²) in [4.78, 5) is 26.6. The van der Waals surface area contributed by atoms with Crippen molar-refractivity contribution in [2.24, 2.45) is 0 Å². The number of rotatable bonds is 54. The molecule has 1 saturated heterocycles. The van der Waals surface area contributed by atoms with E-state index in [1.807, 2.05) is 6.08 Å². The minimum Gasteiger partial charge on any atom is -0.454 e. The van der Waals surface area contributed by atoms with Crippen LogP contribution in [0, 0.1) is 0 Å². The standard InChI is InChI=1S/C64H119NO10/c1-4-7-10-13-16-19-22-25-27-29-31-34-37-40-43-46-49-52-59(69)75-62-61(71)60(70)58(53-66)74-64(62)73-54-55(56(67)50-47-44-41-38-35-32-24-21-18-15-12-9-6-3)65-63(72)57(68)51-48-45-42-39-36-33-30-28-26-23-20-17-14-11-8-5-2/h17,20,26,28,47,50,55-58,60-62,64,66-68,70-71H,4-16,18-19,21-25,27,29-46,48-49,51-54H2,1-3H3,(H,65,72)/b20-17-,28-26-,50-47+. The van der Waals surface area contributed by atoms with Crippen molar-refractivity contribution in [3.05, 3.63) is 36.5 Å². The van der Waals surface area contributed by atoms with Gasteiger partial charge in [-0.1, -0.05) is 269 Å². The number of nitrogens with one attached hydrogen (secondary N) is 1. The Balaban J connectivity index is 2.68. The van der Waals surface area contributed by atoms with Crippen LogP contribution >= 0.6 is 0 Å². The van der Waals surface area contributed by atoms with E-state index in [1.54, 1.807) is 6.08 Å². The van der Waals surface area contributed by atoms with Gasteiger partial charge >= 0.3 is 5.97 Å². The van der Waals surface area contributed by atoms with E-state index in [4.69, 9.17) is 14.2 Å². The molecule has 11 nitrogen and oxygen atoms in total. The molecule has 0 aliphatic carbocycles. The molecular weight excluding hydrogens is 943 g/mol. The van der Waals surface area contributed by atoms with E-state index in [1.165, 1.54) is 167 Å². The number of unbranched alkanes of at least 4 members (excludes halogenated alkanes) is 36. The molecular formula is C64H119NO10. The van der Waals surface area contributed by atoms with E-state index in [0.717, 1.165) is 83.5 Å². The Morgan fingerprint density at radius 3 is 1.39 bits per heavy atom. The van der Waals surface area contributed by atoms with Crippen LogP contribution in [0.5, 0.6) is 0 Å². The Morgan fingerprint density at radius 1 is 0.520 bits per heavy atom. The molecule has 0 saturated carbocycles. The van der Waals surface area contributed by atoms with Crippen molar-refractivity contribution >= 4 is 11.9 Å². The van der Waals surface area contributed by atoms with Crippen LogP contribution in [0.3, 0.4) is 0 Å². The molecule has 0 aromatic rings. The molecule has 1 fully saturated rings. The van der Waals surface area contributed by atoms with Gasteiger partial charge in [-0.15, -0.1) is 0 Å². The number of esters is 1. The fraction of sp³-hybridized carbons (Fsp3) is 0.875. The summed E-state index contributed by atoms with van der Waals surface area (Å²) in [7, 11) is 0. The summed E-state index contributed by atoms with van der Waals surface area (Å²) in [6.07, 6.45) is 51.7. The van der Waals surface area contributed by atoms with Gasteiger partial charge in [0.15, 0.2) is 12.4 Å². The van der Waals surface area contributed by atoms with Crippen molar-refractivity contribution in [1.29, 1.82) is 0 Å². The quantitative estimate of drug-likeness (QED) is 0.0195. The first-order valence-corrected chi connectivity index (χ1v) is 31.8. The molecule has 1 aliphatic rings. The van der Waals surface area contributed by atoms with Crippen LogP contribution in [0.4, 0.5) is 0 Å². The molecule has 0 spiro atoms. The zero-order valence-electron chi connectivity index (χ0n) is 48.7. The Labute approximate surface area is 460 Å². The van der Waals surface area contributed by atoms with Gasteiger partial charge < -0.3 is 45.1 Å². The highest BCUT2D eigenvalue weighted by molar-refractivity contribution is 5.80. The molecule has 8 atom stereocenters. The lowest BCUT2D eigenvalue weighted by molar-refractivity contribution is -0.305. The largest absolute Gasteiger partial charge is 0.454 e. The number of carbonyl (C=O) groups is 2. The van der Waals surface area contributed by atoms with Crippen LogP contribution in [0.15, 0.2) is 36.5 Å². The number of ether oxygens (including phenoxy) is 3. The van der Waals surface area contributed by atoms with E-state index in [9.17, 15) is 35.1 Å². The lowest BCUT2D eigenvalue weighted by atomic mass is 9.99. The summed E-state index contributed by atoms with van der Waals surface area (Å²) in [5.41, 5.74) is 0. The second-order valence-electron chi connectivity index (χ2n) is 22.1. The van der Waals surface area contributed by atoms with E-state index in [0.29, 0.717) is 12.8 Å². The topological polar surface area (TPSA) is 175 Å². The maximum absolute atomic E-state index is 13.4. The fourth-order valence-electron chi connectivity index (χ4n) is 9.98. The molecule has 440 valence electrons. The monoisotopic (exact) mass is 1060 g/mol. The normalized spacial score (nSPS) is 19.4. The minimum atomic E-state index is -1.61. The van der Waals surface area contributed by atoms with E-state index in [2.05, 4.69) is 50.4 Å². The zero-order chi connectivity index (χ0) is 54.7. The van der Waals surface area contributed by atoms with Crippen molar-refractivity contribution in [3.8, 4) is 0 Å². The van der Waals surface area contributed by atoms with Crippen LogP contribution in [-0.2, 0) is 23.8 Å². The first kappa shape index (κ1) is 70.9. The van der Waals surface area contributed by atoms with Crippen LogP contribution in [0.2, 0.25) is 0 Å². The Kier molecular flexibility index (Phi) is 49.7. The number of hydrogen-bond donors (Lipinski definition) is 6. The van der Waals surface area contributed by atoms with Gasteiger partial charge in [-0.05, 0) is 57.8 Å². The second kappa shape index (κ2) is 52.6. The van der Waals surface area contributed by atoms with Gasteiger partial charge in [0, 0.05) is 6.42 Å². The molecule has 75 heavy (non-hydrogen) atoms. The average molecular weight is 1060 g/mol. The van der Waals surface area contributed by atoms with Gasteiger partial charge in [-0.3, -0.25) is 9.59 Å². The van der Waals surface area contributed by atoms with Crippen molar-refractivity contribution in [3.63, 3.8) is 0 Å². The van der Waals surface area contributed by atoms with Gasteiger partial charge in [0.05, 0.1) is 25.4 Å². The average Bonchev–Trinajstić information content (AvgIpc) is 3.41. The Hall–Kier alpha value is -2.12. The van der Waals surface area contributed by atoms with Gasteiger partial charge in [-0.25, -0.2) is 0 Å². The summed E-state index contributed by atoms with van der Waals surface area (Å²) in [5, 5.41) is 57.0. The molecule has 0 aromatic heterocycles. The highest BCUT2D eigenvalue weighted by Crippen LogP contribution is 2.26. The predicted molar refractivity (Wildman–Crippen MR) is 311 cm³/mol. The third kappa shape index (κ3) is 40.7. The van der Waals surface area contributed by atoms with E-state index < -0.39 is 67.4 Å². The summed E-state index contributed by atoms with van der Waals surface area (Å²) >= 11 is 0. The van der Waals surface area contributed by atoms with E-state index in [-0.39, 0.29) is 19.4 Å². The molecule has 6 N–H and O–H groups in total. The van der Waals surface area contributed by atoms with Crippen molar-refractivity contribution in [2.75, 3.05) is 13.2 Å². The number of aliphatic hydroxyl groups is 5. The Bertz CT molecular complexity index is 1360. The molecule has 1 aliphatic heterocycles. The van der Waals surface area contributed by atoms with Crippen molar-refractivity contribution in [1.82, 2.24) is 5.32 Å². The summed E-state index contributed by atoms with van der Waals surface area (Å²) in [6.45, 7) is 5.79. The fourth-order valence-corrected chi connectivity index (χ4v) is 9.98. The first-order chi connectivity index (χ1) is 36.7. The maximum atomic E-state index is 13.4. The second-order valence-corrected chi connectivity index (χ2v) is 22.1. The third-order valence-electron chi connectivity index (χ3n) is 15.0. The molecule has 8 unspecified atom stereocenters. The minimum absolute atomic E-state index is 0.127.